The highest BCUT2D eigenvalue weighted by Gasteiger charge is 2.58. The Kier molecular flexibility index (Phi) is 4.40. The van der Waals surface area contributed by atoms with Gasteiger partial charge in [-0.15, -0.1) is 0 Å². The number of likely N-dealkylation sites (tertiary alicyclic amines) is 1. The quantitative estimate of drug-likeness (QED) is 0.250. The summed E-state index contributed by atoms with van der Waals surface area (Å²) in [5, 5.41) is 6.32. The number of nitrogens with zero attached hydrogens (tertiary/aromatic N) is 1. The maximum atomic E-state index is 13.9. The van der Waals surface area contributed by atoms with E-state index in [1.165, 1.54) is 4.90 Å². The SMILES string of the molecule is FC(F)(F)C(F)(F)CN1CCCCC1c1ccc2ccc3cccc4ccc1c2c34. The van der Waals surface area contributed by atoms with Gasteiger partial charge in [0.15, 0.2) is 0 Å². The molecule has 0 radical (unpaired) electrons. The summed E-state index contributed by atoms with van der Waals surface area (Å²) in [7, 11) is 0. The highest BCUT2D eigenvalue weighted by Crippen LogP contribution is 2.43. The Morgan fingerprint density at radius 3 is 2.10 bits per heavy atom. The Balaban J connectivity index is 1.65. The molecule has 30 heavy (non-hydrogen) atoms. The molecule has 1 atom stereocenters. The third-order valence-electron chi connectivity index (χ3n) is 6.35. The van der Waals surface area contributed by atoms with Gasteiger partial charge in [0.05, 0.1) is 6.54 Å². The van der Waals surface area contributed by atoms with Crippen LogP contribution in [0.4, 0.5) is 22.0 Å². The smallest absolute Gasteiger partial charge is 0.290 e. The van der Waals surface area contributed by atoms with E-state index < -0.39 is 24.7 Å². The molecule has 0 spiro atoms. The second kappa shape index (κ2) is 6.77. The van der Waals surface area contributed by atoms with E-state index in [0.717, 1.165) is 44.3 Å². The van der Waals surface area contributed by atoms with Crippen molar-refractivity contribution in [3.05, 3.63) is 60.2 Å². The van der Waals surface area contributed by atoms with Gasteiger partial charge in [-0.25, -0.2) is 0 Å². The fraction of sp³-hybridized carbons (Fsp3) is 0.333. The first-order valence-corrected chi connectivity index (χ1v) is 10.1. The zero-order valence-electron chi connectivity index (χ0n) is 16.1. The predicted octanol–water partition coefficient (Wildman–Crippen LogP) is 7.31. The molecule has 0 N–H and O–H groups in total. The zero-order valence-corrected chi connectivity index (χ0v) is 16.1. The number of piperidine rings is 1. The molecule has 1 unspecified atom stereocenters. The monoisotopic (exact) mass is 417 g/mol. The van der Waals surface area contributed by atoms with Crippen molar-refractivity contribution in [3.8, 4) is 0 Å². The minimum Gasteiger partial charge on any atom is -0.290 e. The Morgan fingerprint density at radius 2 is 1.40 bits per heavy atom. The van der Waals surface area contributed by atoms with E-state index in [1.807, 2.05) is 48.5 Å². The lowest BCUT2D eigenvalue weighted by Gasteiger charge is -2.38. The second-order valence-corrected chi connectivity index (χ2v) is 8.20. The summed E-state index contributed by atoms with van der Waals surface area (Å²) < 4.78 is 66.4. The number of rotatable bonds is 3. The summed E-state index contributed by atoms with van der Waals surface area (Å²) >= 11 is 0. The molecule has 1 fully saturated rings. The lowest BCUT2D eigenvalue weighted by atomic mass is 9.87. The van der Waals surface area contributed by atoms with Crippen LogP contribution in [0.5, 0.6) is 0 Å². The van der Waals surface area contributed by atoms with Crippen molar-refractivity contribution in [1.29, 1.82) is 0 Å². The van der Waals surface area contributed by atoms with E-state index in [-0.39, 0.29) is 6.54 Å². The van der Waals surface area contributed by atoms with Crippen LogP contribution in [0, 0.1) is 0 Å². The molecule has 0 aliphatic carbocycles. The average molecular weight is 417 g/mol. The molecule has 4 aromatic rings. The van der Waals surface area contributed by atoms with Crippen LogP contribution in [-0.2, 0) is 0 Å². The maximum Gasteiger partial charge on any atom is 0.454 e. The van der Waals surface area contributed by atoms with E-state index in [9.17, 15) is 22.0 Å². The first-order valence-electron chi connectivity index (χ1n) is 10.1. The summed E-state index contributed by atoms with van der Waals surface area (Å²) in [6.07, 6.45) is -3.55. The summed E-state index contributed by atoms with van der Waals surface area (Å²) in [6, 6.07) is 17.5. The first kappa shape index (κ1) is 19.5. The molecule has 156 valence electrons. The van der Waals surface area contributed by atoms with Crippen LogP contribution < -0.4 is 0 Å². The lowest BCUT2D eigenvalue weighted by molar-refractivity contribution is -0.288. The summed E-state index contributed by atoms with van der Waals surface area (Å²) in [4.78, 5) is 1.32. The third-order valence-corrected chi connectivity index (χ3v) is 6.35. The number of benzene rings is 4. The molecule has 0 saturated carbocycles. The molecular weight excluding hydrogens is 397 g/mol. The van der Waals surface area contributed by atoms with E-state index in [0.29, 0.717) is 12.8 Å². The van der Waals surface area contributed by atoms with Crippen molar-refractivity contribution in [2.24, 2.45) is 0 Å². The van der Waals surface area contributed by atoms with Crippen molar-refractivity contribution in [1.82, 2.24) is 4.90 Å². The van der Waals surface area contributed by atoms with Crippen molar-refractivity contribution < 1.29 is 22.0 Å². The first-order chi connectivity index (χ1) is 14.3. The molecule has 0 amide bonds. The molecular formula is C24H20F5N. The van der Waals surface area contributed by atoms with Crippen molar-refractivity contribution in [3.63, 3.8) is 0 Å². The van der Waals surface area contributed by atoms with E-state index in [1.54, 1.807) is 0 Å². The second-order valence-electron chi connectivity index (χ2n) is 8.20. The minimum absolute atomic E-state index is 0.234. The van der Waals surface area contributed by atoms with Gasteiger partial charge in [0.2, 0.25) is 0 Å². The Morgan fingerprint density at radius 1 is 0.767 bits per heavy atom. The summed E-state index contributed by atoms with van der Waals surface area (Å²) in [5.41, 5.74) is 0.832. The summed E-state index contributed by atoms with van der Waals surface area (Å²) in [6.45, 7) is -1.07. The topological polar surface area (TPSA) is 3.24 Å². The van der Waals surface area contributed by atoms with Gasteiger partial charge in [0.1, 0.15) is 0 Å². The largest absolute Gasteiger partial charge is 0.454 e. The molecule has 0 aromatic heterocycles. The number of halogens is 5. The van der Waals surface area contributed by atoms with Crippen LogP contribution in [0.25, 0.3) is 32.3 Å². The van der Waals surface area contributed by atoms with Gasteiger partial charge in [-0.2, -0.15) is 22.0 Å². The Bertz CT molecular complexity index is 1200. The molecule has 5 rings (SSSR count). The zero-order chi connectivity index (χ0) is 21.1. The number of hydrogen-bond donors (Lipinski definition) is 0. The third kappa shape index (κ3) is 3.00. The van der Waals surface area contributed by atoms with Gasteiger partial charge in [-0.05, 0) is 57.3 Å². The molecule has 1 aliphatic rings. The fourth-order valence-electron chi connectivity index (χ4n) is 4.93. The van der Waals surface area contributed by atoms with E-state index in [4.69, 9.17) is 0 Å². The molecule has 1 nitrogen and oxygen atoms in total. The van der Waals surface area contributed by atoms with Crippen molar-refractivity contribution in [2.45, 2.75) is 37.4 Å². The molecule has 1 heterocycles. The van der Waals surface area contributed by atoms with Crippen LogP contribution in [0.3, 0.4) is 0 Å². The summed E-state index contributed by atoms with van der Waals surface area (Å²) in [5.74, 6) is -4.73. The lowest BCUT2D eigenvalue weighted by Crippen LogP contribution is -2.49. The highest BCUT2D eigenvalue weighted by atomic mass is 19.4. The molecule has 4 aromatic carbocycles. The minimum atomic E-state index is -5.54. The Labute approximate surface area is 170 Å². The van der Waals surface area contributed by atoms with Crippen LogP contribution >= 0.6 is 0 Å². The van der Waals surface area contributed by atoms with E-state index >= 15 is 0 Å². The molecule has 6 heteroatoms. The fourth-order valence-corrected chi connectivity index (χ4v) is 4.93. The number of hydrogen-bond acceptors (Lipinski definition) is 1. The van der Waals surface area contributed by atoms with Crippen LogP contribution in [-0.4, -0.2) is 30.1 Å². The van der Waals surface area contributed by atoms with Crippen molar-refractivity contribution >= 4 is 32.3 Å². The maximum absolute atomic E-state index is 13.9. The van der Waals surface area contributed by atoms with Crippen molar-refractivity contribution in [2.75, 3.05) is 13.1 Å². The van der Waals surface area contributed by atoms with Gasteiger partial charge in [0, 0.05) is 6.04 Å². The normalized spacial score (nSPS) is 19.3. The molecule has 1 saturated heterocycles. The van der Waals surface area contributed by atoms with Gasteiger partial charge in [-0.3, -0.25) is 4.90 Å². The van der Waals surface area contributed by atoms with Gasteiger partial charge in [0.25, 0.3) is 0 Å². The highest BCUT2D eigenvalue weighted by molar-refractivity contribution is 6.23. The van der Waals surface area contributed by atoms with Gasteiger partial charge >= 0.3 is 12.1 Å². The van der Waals surface area contributed by atoms with Crippen LogP contribution in [0.2, 0.25) is 0 Å². The van der Waals surface area contributed by atoms with Gasteiger partial charge in [-0.1, -0.05) is 61.0 Å². The molecule has 1 aliphatic heterocycles. The van der Waals surface area contributed by atoms with Crippen LogP contribution in [0.15, 0.2) is 54.6 Å². The number of alkyl halides is 5. The van der Waals surface area contributed by atoms with Gasteiger partial charge < -0.3 is 0 Å². The van der Waals surface area contributed by atoms with E-state index in [2.05, 4.69) is 6.07 Å². The molecule has 0 bridgehead atoms. The average Bonchev–Trinajstić information content (AvgIpc) is 2.71. The van der Waals surface area contributed by atoms with Crippen LogP contribution in [0.1, 0.15) is 30.9 Å². The standard InChI is InChI=1S/C24H20F5N/c25-23(26,24(27,28)29)14-30-13-2-1-6-20(30)18-11-9-17-8-7-15-4-3-5-16-10-12-19(18)22(17)21(15)16/h3-5,7-12,20H,1-2,6,13-14H2. The predicted molar refractivity (Wildman–Crippen MR) is 109 cm³/mol. The Hall–Kier alpha value is -2.47.